The molecule has 0 radical (unpaired) electrons. The van der Waals surface area contributed by atoms with E-state index in [1.165, 1.54) is 19.8 Å². The molecule has 0 aromatic heterocycles. The minimum Gasteiger partial charge on any atom is -0.467 e. The Bertz CT molecular complexity index is 1700. The standard InChI is InChI=1S/C49H76N4O8/c1-14-34(7)45(52(10)48(57)38(31(2)3)28-41(54)44(32(4)5)51(9)30-37-24-22-33(6)23-25-37)42(59-11)29-43(55)53-26-18-21-40(53)46(60-12)35(8)47(56)50-39(49(58)61-13)27-36-19-16-15-17-20-36/h15-17,19-20,22-25,31-32,34-35,38-40,42,44-46H,14,18,21,26-30H2,1-13H3,(H,50,56)/t34-,35+,38-,39-,40-,42+,44-,45-,46+/m0/s1. The molecule has 3 amide bonds. The quantitative estimate of drug-likeness (QED) is 0.118. The molecule has 2 aromatic rings. The van der Waals surface area contributed by atoms with E-state index in [1.807, 2.05) is 51.2 Å². The van der Waals surface area contributed by atoms with Crippen LogP contribution in [0.4, 0.5) is 0 Å². The van der Waals surface area contributed by atoms with Crippen molar-refractivity contribution in [3.63, 3.8) is 0 Å². The highest BCUT2D eigenvalue weighted by Gasteiger charge is 2.43. The zero-order valence-corrected chi connectivity index (χ0v) is 39.3. The molecule has 3 rings (SSSR count). The average molecular weight is 849 g/mol. The molecule has 0 spiro atoms. The molecule has 12 nitrogen and oxygen atoms in total. The smallest absolute Gasteiger partial charge is 0.328 e. The van der Waals surface area contributed by atoms with E-state index in [-0.39, 0.29) is 66.6 Å². The second kappa shape index (κ2) is 24.5. The number of carbonyl (C=O) groups excluding carboxylic acids is 5. The lowest BCUT2D eigenvalue weighted by atomic mass is 9.83. The third-order valence-corrected chi connectivity index (χ3v) is 12.9. The molecule has 1 fully saturated rings. The number of benzene rings is 2. The zero-order chi connectivity index (χ0) is 45.6. The topological polar surface area (TPSA) is 135 Å². The fraction of sp³-hybridized carbons (Fsp3) is 0.653. The molecular weight excluding hydrogens is 773 g/mol. The van der Waals surface area contributed by atoms with Crippen molar-refractivity contribution in [3.8, 4) is 0 Å². The van der Waals surface area contributed by atoms with Crippen LogP contribution in [-0.4, -0.2) is 123 Å². The van der Waals surface area contributed by atoms with Crippen molar-refractivity contribution >= 4 is 29.5 Å². The monoisotopic (exact) mass is 849 g/mol. The van der Waals surface area contributed by atoms with Gasteiger partial charge in [-0.25, -0.2) is 4.79 Å². The van der Waals surface area contributed by atoms with Gasteiger partial charge in [0, 0.05) is 53.1 Å². The molecule has 0 aliphatic carbocycles. The van der Waals surface area contributed by atoms with Crippen LogP contribution in [-0.2, 0) is 51.1 Å². The Kier molecular flexibility index (Phi) is 20.6. The van der Waals surface area contributed by atoms with Crippen LogP contribution in [0.15, 0.2) is 54.6 Å². The summed E-state index contributed by atoms with van der Waals surface area (Å²) in [6, 6.07) is 15.6. The predicted molar refractivity (Wildman–Crippen MR) is 239 cm³/mol. The van der Waals surface area contributed by atoms with Crippen LogP contribution in [0.5, 0.6) is 0 Å². The molecule has 1 heterocycles. The Balaban J connectivity index is 1.79. The number of likely N-dealkylation sites (tertiary alicyclic amines) is 1. The van der Waals surface area contributed by atoms with E-state index < -0.39 is 48.1 Å². The summed E-state index contributed by atoms with van der Waals surface area (Å²) in [5.41, 5.74) is 3.18. The van der Waals surface area contributed by atoms with Gasteiger partial charge in [0.25, 0.3) is 0 Å². The maximum Gasteiger partial charge on any atom is 0.328 e. The first kappa shape index (κ1) is 51.2. The van der Waals surface area contributed by atoms with Gasteiger partial charge in [-0.2, -0.15) is 0 Å². The number of amides is 3. The Morgan fingerprint density at radius 1 is 0.836 bits per heavy atom. The van der Waals surface area contributed by atoms with Crippen LogP contribution in [0.3, 0.4) is 0 Å². The summed E-state index contributed by atoms with van der Waals surface area (Å²) in [6.45, 7) is 17.1. The number of Topliss-reactive ketones (excluding diaryl/α,β-unsaturated/α-hetero) is 1. The second-order valence-electron chi connectivity index (χ2n) is 18.0. The number of nitrogens with one attached hydrogen (secondary N) is 1. The van der Waals surface area contributed by atoms with Gasteiger partial charge in [-0.1, -0.05) is 115 Å². The van der Waals surface area contributed by atoms with Crippen LogP contribution < -0.4 is 5.32 Å². The summed E-state index contributed by atoms with van der Waals surface area (Å²) in [7, 11) is 8.16. The van der Waals surface area contributed by atoms with Crippen LogP contribution >= 0.6 is 0 Å². The molecule has 2 aromatic carbocycles. The molecule has 0 saturated carbocycles. The summed E-state index contributed by atoms with van der Waals surface area (Å²) < 4.78 is 17.1. The summed E-state index contributed by atoms with van der Waals surface area (Å²) in [5.74, 6) is -2.52. The number of rotatable bonds is 24. The van der Waals surface area contributed by atoms with Gasteiger partial charge in [-0.15, -0.1) is 0 Å². The zero-order valence-electron chi connectivity index (χ0n) is 39.3. The van der Waals surface area contributed by atoms with Crippen molar-refractivity contribution in [1.29, 1.82) is 0 Å². The van der Waals surface area contributed by atoms with Crippen molar-refractivity contribution in [2.75, 3.05) is 42.0 Å². The molecule has 1 saturated heterocycles. The average Bonchev–Trinajstić information content (AvgIpc) is 3.72. The van der Waals surface area contributed by atoms with Gasteiger partial charge in [0.2, 0.25) is 17.7 Å². The van der Waals surface area contributed by atoms with Crippen molar-refractivity contribution in [1.82, 2.24) is 20.0 Å². The van der Waals surface area contributed by atoms with Gasteiger partial charge in [-0.3, -0.25) is 24.1 Å². The normalized spacial score (nSPS) is 18.2. The maximum atomic E-state index is 14.6. The lowest BCUT2D eigenvalue weighted by molar-refractivity contribution is -0.150. The van der Waals surface area contributed by atoms with E-state index in [0.29, 0.717) is 19.5 Å². The Morgan fingerprint density at radius 3 is 2.02 bits per heavy atom. The Morgan fingerprint density at radius 2 is 1.48 bits per heavy atom. The molecule has 61 heavy (non-hydrogen) atoms. The van der Waals surface area contributed by atoms with E-state index in [4.69, 9.17) is 14.2 Å². The molecule has 1 N–H and O–H groups in total. The SMILES string of the molecule is CC[C@H](C)[C@@H]([C@@H](CC(=O)N1CCC[C@H]1[C@H](OC)[C@@H](C)C(=O)N[C@@H](Cc1ccccc1)C(=O)OC)OC)N(C)C(=O)[C@@H](CC(=O)[C@H](C(C)C)N(C)Cc1ccc(C)cc1)C(C)C. The van der Waals surface area contributed by atoms with Crippen LogP contribution in [0.25, 0.3) is 0 Å². The number of hydrogen-bond acceptors (Lipinski definition) is 9. The van der Waals surface area contributed by atoms with E-state index in [2.05, 4.69) is 69.1 Å². The number of hydrogen-bond donors (Lipinski definition) is 1. The fourth-order valence-electron chi connectivity index (χ4n) is 9.21. The minimum atomic E-state index is -0.892. The Hall–Kier alpha value is -4.13. The lowest BCUT2D eigenvalue weighted by Gasteiger charge is -2.41. The van der Waals surface area contributed by atoms with Crippen molar-refractivity contribution < 1.29 is 38.2 Å². The largest absolute Gasteiger partial charge is 0.467 e. The molecule has 1 aliphatic rings. The first-order valence-electron chi connectivity index (χ1n) is 22.2. The summed E-state index contributed by atoms with van der Waals surface area (Å²) in [4.78, 5) is 75.2. The van der Waals surface area contributed by atoms with Gasteiger partial charge in [0.05, 0.1) is 49.8 Å². The predicted octanol–water partition coefficient (Wildman–Crippen LogP) is 6.50. The number of likely N-dealkylation sites (N-methyl/N-ethyl adjacent to an activating group) is 2. The van der Waals surface area contributed by atoms with E-state index in [9.17, 15) is 24.0 Å². The van der Waals surface area contributed by atoms with E-state index in [0.717, 1.165) is 24.0 Å². The van der Waals surface area contributed by atoms with Crippen LogP contribution in [0.2, 0.25) is 0 Å². The van der Waals surface area contributed by atoms with Gasteiger partial charge >= 0.3 is 5.97 Å². The van der Waals surface area contributed by atoms with E-state index in [1.54, 1.807) is 30.9 Å². The maximum absolute atomic E-state index is 14.6. The first-order chi connectivity index (χ1) is 28.9. The summed E-state index contributed by atoms with van der Waals surface area (Å²) in [6.07, 6.45) is 1.22. The lowest BCUT2D eigenvalue weighted by Crippen LogP contribution is -2.55. The van der Waals surface area contributed by atoms with Crippen molar-refractivity contribution in [3.05, 3.63) is 71.3 Å². The van der Waals surface area contributed by atoms with Gasteiger partial charge < -0.3 is 29.3 Å². The number of carbonyl (C=O) groups is 5. The van der Waals surface area contributed by atoms with E-state index >= 15 is 0 Å². The number of nitrogens with zero attached hydrogens (tertiary/aromatic N) is 3. The van der Waals surface area contributed by atoms with Gasteiger partial charge in [0.1, 0.15) is 6.04 Å². The second-order valence-corrected chi connectivity index (χ2v) is 18.0. The molecule has 12 heteroatoms. The summed E-state index contributed by atoms with van der Waals surface area (Å²) in [5, 5.41) is 2.88. The van der Waals surface area contributed by atoms with Crippen LogP contribution in [0.1, 0.15) is 97.3 Å². The first-order valence-corrected chi connectivity index (χ1v) is 22.2. The van der Waals surface area contributed by atoms with Gasteiger partial charge in [0.15, 0.2) is 5.78 Å². The third-order valence-electron chi connectivity index (χ3n) is 12.9. The number of esters is 1. The number of ether oxygens (including phenoxy) is 3. The number of methoxy groups -OCH3 is 3. The van der Waals surface area contributed by atoms with Crippen molar-refractivity contribution in [2.45, 2.75) is 137 Å². The molecular formula is C49H76N4O8. The minimum absolute atomic E-state index is 0.0165. The molecule has 0 bridgehead atoms. The third kappa shape index (κ3) is 13.9. The highest BCUT2D eigenvalue weighted by atomic mass is 16.5. The number of aryl methyl sites for hydroxylation is 1. The highest BCUT2D eigenvalue weighted by molar-refractivity contribution is 5.90. The number of ketones is 1. The van der Waals surface area contributed by atoms with Crippen LogP contribution in [0, 0.1) is 36.5 Å². The fourth-order valence-corrected chi connectivity index (χ4v) is 9.21. The summed E-state index contributed by atoms with van der Waals surface area (Å²) >= 11 is 0. The van der Waals surface area contributed by atoms with Crippen molar-refractivity contribution in [2.24, 2.45) is 29.6 Å². The molecule has 0 unspecified atom stereocenters. The molecule has 340 valence electrons. The highest BCUT2D eigenvalue weighted by Crippen LogP contribution is 2.31. The molecule has 9 atom stereocenters. The molecule has 1 aliphatic heterocycles. The Labute approximate surface area is 366 Å². The van der Waals surface area contributed by atoms with Gasteiger partial charge in [-0.05, 0) is 55.7 Å².